The first kappa shape index (κ1) is 18.0. The highest BCUT2D eigenvalue weighted by Gasteiger charge is 2.21. The summed E-state index contributed by atoms with van der Waals surface area (Å²) in [4.78, 5) is 26.5. The van der Waals surface area contributed by atoms with Crippen molar-refractivity contribution < 1.29 is 23.1 Å². The van der Waals surface area contributed by atoms with E-state index in [9.17, 15) is 14.0 Å². The maximum Gasteiger partial charge on any atom is 0.286 e. The second kappa shape index (κ2) is 7.32. The summed E-state index contributed by atoms with van der Waals surface area (Å²) in [6, 6.07) is 10.9. The number of halogens is 1. The first-order chi connectivity index (χ1) is 13.5. The molecule has 144 valence electrons. The summed E-state index contributed by atoms with van der Waals surface area (Å²) in [5.41, 5.74) is 7.01. The van der Waals surface area contributed by atoms with E-state index >= 15 is 0 Å². The molecule has 4 rings (SSSR count). The van der Waals surface area contributed by atoms with Crippen LogP contribution in [0.4, 0.5) is 15.8 Å². The standard InChI is InChI=1S/C20H18FN3O4/c21-13-3-6-15-16(11-13)28-18(19(22)25)17(15)23-20(26)12-1-4-14(5-2-12)24-7-9-27-10-8-24/h1-6,11H,7-10H2,(H2,22,25)(H,23,26). The number of nitrogens with two attached hydrogens (primary N) is 1. The topological polar surface area (TPSA) is 97.8 Å². The van der Waals surface area contributed by atoms with Crippen molar-refractivity contribution >= 4 is 34.2 Å². The Kier molecular flexibility index (Phi) is 4.70. The quantitative estimate of drug-likeness (QED) is 0.722. The molecular weight excluding hydrogens is 365 g/mol. The van der Waals surface area contributed by atoms with E-state index in [4.69, 9.17) is 14.9 Å². The van der Waals surface area contributed by atoms with Crippen LogP contribution in [0, 0.1) is 5.82 Å². The van der Waals surface area contributed by atoms with Gasteiger partial charge in [0.15, 0.2) is 0 Å². The van der Waals surface area contributed by atoms with Crippen LogP contribution in [-0.4, -0.2) is 38.1 Å². The number of fused-ring (bicyclic) bond motifs is 1. The fourth-order valence-corrected chi connectivity index (χ4v) is 3.20. The molecule has 1 fully saturated rings. The lowest BCUT2D eigenvalue weighted by Crippen LogP contribution is -2.36. The second-order valence-electron chi connectivity index (χ2n) is 6.41. The van der Waals surface area contributed by atoms with Crippen molar-refractivity contribution in [2.45, 2.75) is 0 Å². The summed E-state index contributed by atoms with van der Waals surface area (Å²) in [5.74, 6) is -2.02. The Labute approximate surface area is 159 Å². The minimum atomic E-state index is -0.852. The summed E-state index contributed by atoms with van der Waals surface area (Å²) in [6.07, 6.45) is 0. The summed E-state index contributed by atoms with van der Waals surface area (Å²) < 4.78 is 24.1. The highest BCUT2D eigenvalue weighted by Crippen LogP contribution is 2.31. The van der Waals surface area contributed by atoms with E-state index < -0.39 is 17.6 Å². The van der Waals surface area contributed by atoms with Gasteiger partial charge in [-0.3, -0.25) is 9.59 Å². The van der Waals surface area contributed by atoms with E-state index in [2.05, 4.69) is 10.2 Å². The zero-order valence-electron chi connectivity index (χ0n) is 14.9. The number of hydrogen-bond acceptors (Lipinski definition) is 5. The van der Waals surface area contributed by atoms with Crippen molar-refractivity contribution in [2.75, 3.05) is 36.5 Å². The monoisotopic (exact) mass is 383 g/mol. The molecule has 0 spiro atoms. The van der Waals surface area contributed by atoms with Crippen LogP contribution in [0.1, 0.15) is 20.9 Å². The smallest absolute Gasteiger partial charge is 0.286 e. The van der Waals surface area contributed by atoms with Crippen LogP contribution >= 0.6 is 0 Å². The lowest BCUT2D eigenvalue weighted by molar-refractivity contribution is 0.0977. The summed E-state index contributed by atoms with van der Waals surface area (Å²) in [5, 5.41) is 3.06. The largest absolute Gasteiger partial charge is 0.449 e. The fraction of sp³-hybridized carbons (Fsp3) is 0.200. The molecule has 1 saturated heterocycles. The molecule has 7 nitrogen and oxygen atoms in total. The number of carbonyl (C=O) groups is 2. The first-order valence-corrected chi connectivity index (χ1v) is 8.79. The number of primary amides is 1. The average molecular weight is 383 g/mol. The lowest BCUT2D eigenvalue weighted by Gasteiger charge is -2.28. The van der Waals surface area contributed by atoms with Gasteiger partial charge in [0.2, 0.25) is 5.76 Å². The molecule has 0 unspecified atom stereocenters. The van der Waals surface area contributed by atoms with Gasteiger partial charge in [-0.2, -0.15) is 0 Å². The van der Waals surface area contributed by atoms with Gasteiger partial charge < -0.3 is 25.1 Å². The molecular formula is C20H18FN3O4. The predicted octanol–water partition coefficient (Wildman–Crippen LogP) is 2.76. The van der Waals surface area contributed by atoms with Crippen molar-refractivity contribution in [1.82, 2.24) is 0 Å². The molecule has 2 amide bonds. The van der Waals surface area contributed by atoms with Crippen LogP contribution < -0.4 is 16.0 Å². The summed E-state index contributed by atoms with van der Waals surface area (Å²) in [6.45, 7) is 2.94. The number of benzene rings is 2. The molecule has 0 bridgehead atoms. The van der Waals surface area contributed by atoms with Gasteiger partial charge in [-0.15, -0.1) is 0 Å². The maximum atomic E-state index is 13.4. The van der Waals surface area contributed by atoms with Gasteiger partial charge in [0.25, 0.3) is 11.8 Å². The number of anilines is 2. The number of hydrogen-bond donors (Lipinski definition) is 2. The fourth-order valence-electron chi connectivity index (χ4n) is 3.20. The molecule has 0 atom stereocenters. The van der Waals surface area contributed by atoms with Gasteiger partial charge in [0.05, 0.1) is 13.2 Å². The van der Waals surface area contributed by atoms with Crippen LogP contribution in [0.25, 0.3) is 11.0 Å². The van der Waals surface area contributed by atoms with E-state index in [1.165, 1.54) is 12.1 Å². The van der Waals surface area contributed by atoms with Gasteiger partial charge in [-0.25, -0.2) is 4.39 Å². The van der Waals surface area contributed by atoms with E-state index in [1.54, 1.807) is 12.1 Å². The van der Waals surface area contributed by atoms with Crippen molar-refractivity contribution in [2.24, 2.45) is 5.73 Å². The number of carbonyl (C=O) groups excluding carboxylic acids is 2. The molecule has 28 heavy (non-hydrogen) atoms. The molecule has 1 aliphatic rings. The Bertz CT molecular complexity index is 1040. The van der Waals surface area contributed by atoms with Gasteiger partial charge >= 0.3 is 0 Å². The van der Waals surface area contributed by atoms with Gasteiger partial charge in [-0.05, 0) is 36.4 Å². The van der Waals surface area contributed by atoms with Crippen LogP contribution in [-0.2, 0) is 4.74 Å². The number of morpholine rings is 1. The third-order valence-electron chi connectivity index (χ3n) is 4.62. The Hall–Kier alpha value is -3.39. The van der Waals surface area contributed by atoms with E-state index in [1.807, 2.05) is 12.1 Å². The first-order valence-electron chi connectivity index (χ1n) is 8.79. The predicted molar refractivity (Wildman–Crippen MR) is 102 cm³/mol. The second-order valence-corrected chi connectivity index (χ2v) is 6.41. The van der Waals surface area contributed by atoms with E-state index in [-0.39, 0.29) is 17.0 Å². The number of nitrogens with one attached hydrogen (secondary N) is 1. The molecule has 2 aromatic carbocycles. The minimum Gasteiger partial charge on any atom is -0.449 e. The van der Waals surface area contributed by atoms with Crippen molar-refractivity contribution in [1.29, 1.82) is 0 Å². The van der Waals surface area contributed by atoms with Gasteiger partial charge in [0, 0.05) is 35.8 Å². The third kappa shape index (κ3) is 3.41. The minimum absolute atomic E-state index is 0.129. The zero-order chi connectivity index (χ0) is 19.7. The molecule has 1 aliphatic heterocycles. The Balaban J connectivity index is 1.59. The van der Waals surface area contributed by atoms with E-state index in [0.717, 1.165) is 24.8 Å². The highest BCUT2D eigenvalue weighted by atomic mass is 19.1. The Morgan fingerprint density at radius 2 is 1.79 bits per heavy atom. The molecule has 1 aromatic heterocycles. The van der Waals surface area contributed by atoms with Crippen molar-refractivity contribution in [3.8, 4) is 0 Å². The summed E-state index contributed by atoms with van der Waals surface area (Å²) >= 11 is 0. The molecule has 3 aromatic rings. The van der Waals surface area contributed by atoms with Crippen LogP contribution in [0.5, 0.6) is 0 Å². The Morgan fingerprint density at radius 3 is 2.46 bits per heavy atom. The molecule has 2 heterocycles. The molecule has 0 radical (unpaired) electrons. The summed E-state index contributed by atoms with van der Waals surface area (Å²) in [7, 11) is 0. The number of furan rings is 1. The number of nitrogens with zero attached hydrogens (tertiary/aromatic N) is 1. The van der Waals surface area contributed by atoms with Crippen molar-refractivity contribution in [3.63, 3.8) is 0 Å². The van der Waals surface area contributed by atoms with Gasteiger partial charge in [-0.1, -0.05) is 0 Å². The van der Waals surface area contributed by atoms with Crippen molar-refractivity contribution in [3.05, 3.63) is 59.6 Å². The Morgan fingerprint density at radius 1 is 1.07 bits per heavy atom. The molecule has 3 N–H and O–H groups in total. The van der Waals surface area contributed by atoms with Gasteiger partial charge in [0.1, 0.15) is 17.1 Å². The molecule has 0 saturated carbocycles. The normalized spacial score (nSPS) is 14.2. The van der Waals surface area contributed by atoms with Crippen LogP contribution in [0.15, 0.2) is 46.9 Å². The maximum absolute atomic E-state index is 13.4. The van der Waals surface area contributed by atoms with E-state index in [0.29, 0.717) is 24.2 Å². The average Bonchev–Trinajstić information content (AvgIpc) is 3.06. The zero-order valence-corrected chi connectivity index (χ0v) is 14.9. The highest BCUT2D eigenvalue weighted by molar-refractivity contribution is 6.14. The van der Waals surface area contributed by atoms with Crippen LogP contribution in [0.3, 0.4) is 0 Å². The lowest BCUT2D eigenvalue weighted by atomic mass is 10.1. The SMILES string of the molecule is NC(=O)c1oc2cc(F)ccc2c1NC(=O)c1ccc(N2CCOCC2)cc1. The number of amides is 2. The third-order valence-corrected chi connectivity index (χ3v) is 4.62. The molecule has 0 aliphatic carbocycles. The van der Waals surface area contributed by atoms with Crippen LogP contribution in [0.2, 0.25) is 0 Å². The number of rotatable bonds is 4. The number of ether oxygens (including phenoxy) is 1. The molecule has 8 heteroatoms.